The molecule has 5 heteroatoms. The number of halogens is 2. The molecule has 2 aromatic heterocycles. The van der Waals surface area contributed by atoms with Gasteiger partial charge in [-0.3, -0.25) is 0 Å². The van der Waals surface area contributed by atoms with Gasteiger partial charge in [-0.05, 0) is 30.7 Å². The Morgan fingerprint density at radius 1 is 1.44 bits per heavy atom. The van der Waals surface area contributed by atoms with Crippen molar-refractivity contribution in [1.29, 1.82) is 0 Å². The molecule has 18 heavy (non-hydrogen) atoms. The van der Waals surface area contributed by atoms with Crippen molar-refractivity contribution in [2.45, 2.75) is 19.3 Å². The molecule has 0 radical (unpaired) electrons. The Kier molecular flexibility index (Phi) is 4.50. The van der Waals surface area contributed by atoms with Crippen LogP contribution in [0.4, 0.5) is 5.82 Å². The van der Waals surface area contributed by atoms with Crippen LogP contribution in [0.5, 0.6) is 0 Å². The average Bonchev–Trinajstić information content (AvgIpc) is 2.89. The lowest BCUT2D eigenvalue weighted by Crippen LogP contribution is -2.22. The van der Waals surface area contributed by atoms with E-state index in [4.69, 9.17) is 27.6 Å². The number of alkyl halides is 1. The van der Waals surface area contributed by atoms with Crippen LogP contribution in [0.1, 0.15) is 18.2 Å². The molecule has 0 N–H and O–H groups in total. The van der Waals surface area contributed by atoms with E-state index in [0.29, 0.717) is 17.4 Å². The lowest BCUT2D eigenvalue weighted by atomic mass is 10.2. The first-order valence-electron chi connectivity index (χ1n) is 5.72. The van der Waals surface area contributed by atoms with Crippen molar-refractivity contribution in [3.8, 4) is 0 Å². The molecule has 0 aliphatic heterocycles. The lowest BCUT2D eigenvalue weighted by molar-refractivity contribution is 0.503. The number of anilines is 1. The minimum absolute atomic E-state index is 0.382. The summed E-state index contributed by atoms with van der Waals surface area (Å²) in [6.07, 6.45) is 3.31. The molecule has 0 aliphatic rings. The number of pyridine rings is 1. The predicted molar refractivity (Wildman–Crippen MR) is 74.2 cm³/mol. The van der Waals surface area contributed by atoms with Crippen molar-refractivity contribution < 1.29 is 4.42 Å². The molecule has 0 spiro atoms. The summed E-state index contributed by atoms with van der Waals surface area (Å²) in [7, 11) is 0. The largest absolute Gasteiger partial charge is 0.467 e. The van der Waals surface area contributed by atoms with Crippen molar-refractivity contribution in [2.24, 2.45) is 0 Å². The summed E-state index contributed by atoms with van der Waals surface area (Å²) < 4.78 is 5.35. The fourth-order valence-corrected chi connectivity index (χ4v) is 2.15. The quantitative estimate of drug-likeness (QED) is 0.775. The van der Waals surface area contributed by atoms with E-state index in [0.717, 1.165) is 23.7 Å². The minimum atomic E-state index is 0.382. The fraction of sp³-hybridized carbons (Fsp3) is 0.308. The van der Waals surface area contributed by atoms with Gasteiger partial charge in [-0.25, -0.2) is 4.98 Å². The number of nitrogens with zero attached hydrogens (tertiary/aromatic N) is 2. The second kappa shape index (κ2) is 6.12. The van der Waals surface area contributed by atoms with Crippen LogP contribution in [0.2, 0.25) is 5.02 Å². The van der Waals surface area contributed by atoms with Crippen molar-refractivity contribution in [1.82, 2.24) is 4.98 Å². The molecule has 0 aliphatic carbocycles. The van der Waals surface area contributed by atoms with Gasteiger partial charge in [-0.1, -0.05) is 11.6 Å². The lowest BCUT2D eigenvalue weighted by Gasteiger charge is -2.21. The number of furan rings is 1. The molecule has 0 aromatic carbocycles. The summed E-state index contributed by atoms with van der Waals surface area (Å²) in [4.78, 5) is 6.43. The Morgan fingerprint density at radius 3 is 2.89 bits per heavy atom. The van der Waals surface area contributed by atoms with Gasteiger partial charge in [-0.15, -0.1) is 11.6 Å². The second-order valence-corrected chi connectivity index (χ2v) is 4.54. The van der Waals surface area contributed by atoms with Crippen molar-refractivity contribution in [3.63, 3.8) is 0 Å². The SMILES string of the molecule is CCN(Cc1ccco1)c1cc(CCl)c(Cl)cn1. The molecule has 0 amide bonds. The van der Waals surface area contributed by atoms with E-state index >= 15 is 0 Å². The molecule has 2 rings (SSSR count). The second-order valence-electron chi connectivity index (χ2n) is 3.86. The first-order valence-corrected chi connectivity index (χ1v) is 6.63. The zero-order chi connectivity index (χ0) is 13.0. The molecule has 3 nitrogen and oxygen atoms in total. The summed E-state index contributed by atoms with van der Waals surface area (Å²) in [5.41, 5.74) is 0.890. The molecule has 0 saturated carbocycles. The average molecular weight is 285 g/mol. The van der Waals surface area contributed by atoms with Crippen molar-refractivity contribution >= 4 is 29.0 Å². The van der Waals surface area contributed by atoms with Crippen molar-refractivity contribution in [2.75, 3.05) is 11.4 Å². The number of aromatic nitrogens is 1. The smallest absolute Gasteiger partial charge is 0.129 e. The molecular formula is C13H14Cl2N2O. The zero-order valence-electron chi connectivity index (χ0n) is 10.1. The monoisotopic (exact) mass is 284 g/mol. The van der Waals surface area contributed by atoms with E-state index in [1.165, 1.54) is 0 Å². The molecule has 0 unspecified atom stereocenters. The van der Waals surface area contributed by atoms with Gasteiger partial charge in [0.1, 0.15) is 11.6 Å². The third-order valence-corrected chi connectivity index (χ3v) is 3.33. The minimum Gasteiger partial charge on any atom is -0.467 e. The Bertz CT molecular complexity index is 500. The maximum atomic E-state index is 6.00. The van der Waals surface area contributed by atoms with Crippen LogP contribution in [0.25, 0.3) is 0 Å². The zero-order valence-corrected chi connectivity index (χ0v) is 11.6. The fourth-order valence-electron chi connectivity index (χ4n) is 1.69. The number of hydrogen-bond acceptors (Lipinski definition) is 3. The maximum absolute atomic E-state index is 6.00. The number of hydrogen-bond donors (Lipinski definition) is 0. The third kappa shape index (κ3) is 2.98. The summed E-state index contributed by atoms with van der Waals surface area (Å²) in [5.74, 6) is 2.14. The first-order chi connectivity index (χ1) is 8.74. The maximum Gasteiger partial charge on any atom is 0.129 e. The highest BCUT2D eigenvalue weighted by atomic mass is 35.5. The van der Waals surface area contributed by atoms with Gasteiger partial charge in [0.25, 0.3) is 0 Å². The van der Waals surface area contributed by atoms with Crippen LogP contribution < -0.4 is 4.90 Å². The van der Waals surface area contributed by atoms with Crippen LogP contribution in [-0.2, 0) is 12.4 Å². The van der Waals surface area contributed by atoms with E-state index in [-0.39, 0.29) is 0 Å². The van der Waals surface area contributed by atoms with Gasteiger partial charge >= 0.3 is 0 Å². The molecule has 0 fully saturated rings. The van der Waals surface area contributed by atoms with E-state index in [2.05, 4.69) is 16.8 Å². The first kappa shape index (κ1) is 13.2. The van der Waals surface area contributed by atoms with Gasteiger partial charge < -0.3 is 9.32 Å². The predicted octanol–water partition coefficient (Wildman–Crippen LogP) is 4.09. The van der Waals surface area contributed by atoms with Gasteiger partial charge in [0.05, 0.1) is 17.8 Å². The molecule has 0 bridgehead atoms. The molecule has 0 saturated heterocycles. The topological polar surface area (TPSA) is 29.3 Å². The van der Waals surface area contributed by atoms with Gasteiger partial charge in [0, 0.05) is 18.6 Å². The van der Waals surface area contributed by atoms with Crippen LogP contribution in [-0.4, -0.2) is 11.5 Å². The molecule has 2 aromatic rings. The molecular weight excluding hydrogens is 271 g/mol. The Hall–Kier alpha value is -1.19. The standard InChI is InChI=1S/C13H14Cl2N2O/c1-2-17(9-11-4-3-5-18-11)13-6-10(7-14)12(15)8-16-13/h3-6,8H,2,7,9H2,1H3. The molecule has 0 atom stereocenters. The van der Waals surface area contributed by atoms with E-state index in [1.54, 1.807) is 12.5 Å². The number of rotatable bonds is 5. The third-order valence-electron chi connectivity index (χ3n) is 2.70. The Morgan fingerprint density at radius 2 is 2.28 bits per heavy atom. The van der Waals surface area contributed by atoms with Gasteiger partial charge in [0.2, 0.25) is 0 Å². The van der Waals surface area contributed by atoms with E-state index in [9.17, 15) is 0 Å². The van der Waals surface area contributed by atoms with Crippen LogP contribution in [0, 0.1) is 0 Å². The summed E-state index contributed by atoms with van der Waals surface area (Å²) >= 11 is 11.8. The van der Waals surface area contributed by atoms with Crippen LogP contribution >= 0.6 is 23.2 Å². The van der Waals surface area contributed by atoms with Crippen molar-refractivity contribution in [3.05, 3.63) is 47.0 Å². The summed E-state index contributed by atoms with van der Waals surface area (Å²) in [5, 5.41) is 0.600. The van der Waals surface area contributed by atoms with Crippen LogP contribution in [0.3, 0.4) is 0 Å². The van der Waals surface area contributed by atoms with E-state index < -0.39 is 0 Å². The summed E-state index contributed by atoms with van der Waals surface area (Å²) in [6, 6.07) is 5.74. The Balaban J connectivity index is 2.21. The van der Waals surface area contributed by atoms with Gasteiger partial charge in [-0.2, -0.15) is 0 Å². The van der Waals surface area contributed by atoms with Crippen LogP contribution in [0.15, 0.2) is 35.1 Å². The Labute approximate surface area is 116 Å². The van der Waals surface area contributed by atoms with E-state index in [1.807, 2.05) is 18.2 Å². The summed E-state index contributed by atoms with van der Waals surface area (Å²) in [6.45, 7) is 3.58. The highest BCUT2D eigenvalue weighted by molar-refractivity contribution is 6.32. The highest BCUT2D eigenvalue weighted by Gasteiger charge is 2.10. The highest BCUT2D eigenvalue weighted by Crippen LogP contribution is 2.23. The molecule has 2 heterocycles. The van der Waals surface area contributed by atoms with Gasteiger partial charge in [0.15, 0.2) is 0 Å². The molecule has 96 valence electrons. The normalized spacial score (nSPS) is 10.6.